The van der Waals surface area contributed by atoms with Crippen molar-refractivity contribution < 1.29 is 0 Å². The first-order valence-electron chi connectivity index (χ1n) is 5.67. The third kappa shape index (κ3) is 2.02. The molecule has 1 unspecified atom stereocenters. The number of hydrogen-bond donors (Lipinski definition) is 2. The zero-order chi connectivity index (χ0) is 11.5. The number of hydrogen-bond acceptors (Lipinski definition) is 4. The summed E-state index contributed by atoms with van der Waals surface area (Å²) in [6, 6.07) is 2.58. The van der Waals surface area contributed by atoms with E-state index in [-0.39, 0.29) is 0 Å². The summed E-state index contributed by atoms with van der Waals surface area (Å²) in [5.41, 5.74) is 7.13. The molecule has 5 heteroatoms. The molecule has 1 aromatic rings. The van der Waals surface area contributed by atoms with Gasteiger partial charge in [-0.05, 0) is 19.4 Å². The zero-order valence-corrected chi connectivity index (χ0v) is 9.53. The minimum Gasteiger partial charge on any atom is -0.383 e. The van der Waals surface area contributed by atoms with E-state index in [0.717, 1.165) is 25.1 Å². The Balaban J connectivity index is 2.14. The molecule has 1 saturated heterocycles. The van der Waals surface area contributed by atoms with Crippen LogP contribution < -0.4 is 11.1 Å². The second-order valence-electron chi connectivity index (χ2n) is 4.29. The predicted molar refractivity (Wildman–Crippen MR) is 61.7 cm³/mol. The Morgan fingerprint density at radius 3 is 3.06 bits per heavy atom. The second kappa shape index (κ2) is 4.54. The number of piperidine rings is 1. The molecule has 0 aliphatic carbocycles. The Hall–Kier alpha value is -1.54. The Bertz CT molecular complexity index is 409. The molecule has 16 heavy (non-hydrogen) atoms. The fraction of sp³-hybridized carbons (Fsp3) is 0.636. The minimum atomic E-state index is 0.440. The maximum absolute atomic E-state index is 9.04. The summed E-state index contributed by atoms with van der Waals surface area (Å²) in [6.07, 6.45) is 4.45. The monoisotopic (exact) mass is 219 g/mol. The van der Waals surface area contributed by atoms with E-state index in [4.69, 9.17) is 11.0 Å². The van der Waals surface area contributed by atoms with Crippen LogP contribution in [0.15, 0.2) is 0 Å². The van der Waals surface area contributed by atoms with Crippen LogP contribution >= 0.6 is 0 Å². The molecule has 0 saturated carbocycles. The van der Waals surface area contributed by atoms with E-state index in [2.05, 4.69) is 16.5 Å². The van der Waals surface area contributed by atoms with Crippen molar-refractivity contribution in [1.82, 2.24) is 15.1 Å². The third-order valence-electron chi connectivity index (χ3n) is 3.13. The largest absolute Gasteiger partial charge is 0.383 e. The van der Waals surface area contributed by atoms with E-state index in [9.17, 15) is 0 Å². The minimum absolute atomic E-state index is 0.440. The first kappa shape index (κ1) is 11.0. The van der Waals surface area contributed by atoms with Crippen LogP contribution in [-0.4, -0.2) is 22.4 Å². The molecule has 0 amide bonds. The molecule has 2 heterocycles. The highest BCUT2D eigenvalue weighted by Gasteiger charge is 2.19. The average Bonchev–Trinajstić information content (AvgIpc) is 2.56. The lowest BCUT2D eigenvalue weighted by Gasteiger charge is -2.22. The quantitative estimate of drug-likeness (QED) is 0.761. The van der Waals surface area contributed by atoms with E-state index in [1.54, 1.807) is 11.7 Å². The van der Waals surface area contributed by atoms with Crippen molar-refractivity contribution in [3.63, 3.8) is 0 Å². The lowest BCUT2D eigenvalue weighted by atomic mass is 9.99. The molecule has 0 aromatic carbocycles. The highest BCUT2D eigenvalue weighted by atomic mass is 15.3. The molecule has 5 nitrogen and oxygen atoms in total. The molecular weight excluding hydrogens is 202 g/mol. The number of nitrogens with zero attached hydrogens (tertiary/aromatic N) is 3. The van der Waals surface area contributed by atoms with E-state index in [0.29, 0.717) is 17.4 Å². The molecule has 86 valence electrons. The van der Waals surface area contributed by atoms with Gasteiger partial charge in [0.05, 0.1) is 5.69 Å². The van der Waals surface area contributed by atoms with Gasteiger partial charge in [0, 0.05) is 19.5 Å². The van der Waals surface area contributed by atoms with Crippen molar-refractivity contribution in [2.24, 2.45) is 7.05 Å². The normalized spacial score (nSPS) is 20.6. The molecule has 1 aliphatic rings. The molecule has 0 bridgehead atoms. The van der Waals surface area contributed by atoms with Crippen molar-refractivity contribution in [2.45, 2.75) is 31.7 Å². The van der Waals surface area contributed by atoms with Gasteiger partial charge in [-0.1, -0.05) is 6.42 Å². The number of aromatic nitrogens is 2. The first-order valence-corrected chi connectivity index (χ1v) is 5.67. The number of rotatable bonds is 2. The summed E-state index contributed by atoms with van der Waals surface area (Å²) in [4.78, 5) is 0. The van der Waals surface area contributed by atoms with Crippen molar-refractivity contribution in [3.8, 4) is 6.07 Å². The summed E-state index contributed by atoms with van der Waals surface area (Å²) < 4.78 is 1.58. The van der Waals surface area contributed by atoms with Crippen LogP contribution in [0.2, 0.25) is 0 Å². The second-order valence-corrected chi connectivity index (χ2v) is 4.29. The van der Waals surface area contributed by atoms with Gasteiger partial charge in [-0.2, -0.15) is 10.4 Å². The van der Waals surface area contributed by atoms with Gasteiger partial charge in [0.1, 0.15) is 17.5 Å². The first-order chi connectivity index (χ1) is 7.72. The summed E-state index contributed by atoms with van der Waals surface area (Å²) in [7, 11) is 1.77. The molecule has 2 rings (SSSR count). The van der Waals surface area contributed by atoms with Gasteiger partial charge >= 0.3 is 0 Å². The van der Waals surface area contributed by atoms with Gasteiger partial charge in [0.2, 0.25) is 0 Å². The highest BCUT2D eigenvalue weighted by molar-refractivity contribution is 5.52. The molecule has 1 aromatic heterocycles. The van der Waals surface area contributed by atoms with Gasteiger partial charge in [-0.3, -0.25) is 4.68 Å². The fourth-order valence-electron chi connectivity index (χ4n) is 2.19. The Morgan fingerprint density at radius 2 is 2.44 bits per heavy atom. The van der Waals surface area contributed by atoms with Crippen LogP contribution in [0.1, 0.15) is 30.5 Å². The van der Waals surface area contributed by atoms with Crippen molar-refractivity contribution in [1.29, 1.82) is 5.26 Å². The SMILES string of the molecule is Cn1nc(CC2CCCCN2)c(C#N)c1N. The number of aryl methyl sites for hydroxylation is 1. The van der Waals surface area contributed by atoms with Crippen LogP contribution in [0.25, 0.3) is 0 Å². The lowest BCUT2D eigenvalue weighted by molar-refractivity contribution is 0.396. The number of nitrogens with two attached hydrogens (primary N) is 1. The van der Waals surface area contributed by atoms with Gasteiger partial charge in [-0.15, -0.1) is 0 Å². The Kier molecular flexibility index (Phi) is 3.11. The maximum Gasteiger partial charge on any atom is 0.139 e. The van der Waals surface area contributed by atoms with E-state index in [1.165, 1.54) is 12.8 Å². The molecule has 3 N–H and O–H groups in total. The van der Waals surface area contributed by atoms with Gasteiger partial charge in [0.15, 0.2) is 0 Å². The lowest BCUT2D eigenvalue weighted by Crippen LogP contribution is -2.35. The predicted octanol–water partition coefficient (Wildman–Crippen LogP) is 0.559. The molecular formula is C11H17N5. The maximum atomic E-state index is 9.04. The molecule has 1 aliphatic heterocycles. The smallest absolute Gasteiger partial charge is 0.139 e. The van der Waals surface area contributed by atoms with Crippen LogP contribution in [0.5, 0.6) is 0 Å². The molecule has 0 radical (unpaired) electrons. The van der Waals surface area contributed by atoms with E-state index in [1.807, 2.05) is 0 Å². The Morgan fingerprint density at radius 1 is 1.62 bits per heavy atom. The molecule has 1 atom stereocenters. The standard InChI is InChI=1S/C11H17N5/c1-16-11(13)9(7-12)10(15-16)6-8-4-2-3-5-14-8/h8,14H,2-6,13H2,1H3. The van der Waals surface area contributed by atoms with Crippen LogP contribution in [0, 0.1) is 11.3 Å². The van der Waals surface area contributed by atoms with E-state index < -0.39 is 0 Å². The number of nitrogens with one attached hydrogen (secondary N) is 1. The van der Waals surface area contributed by atoms with Gasteiger partial charge < -0.3 is 11.1 Å². The average molecular weight is 219 g/mol. The van der Waals surface area contributed by atoms with Gasteiger partial charge in [0.25, 0.3) is 0 Å². The third-order valence-corrected chi connectivity index (χ3v) is 3.13. The Labute approximate surface area is 95.2 Å². The van der Waals surface area contributed by atoms with Crippen molar-refractivity contribution in [2.75, 3.05) is 12.3 Å². The number of nitriles is 1. The highest BCUT2D eigenvalue weighted by Crippen LogP contribution is 2.18. The van der Waals surface area contributed by atoms with E-state index >= 15 is 0 Å². The summed E-state index contributed by atoms with van der Waals surface area (Å²) in [5.74, 6) is 0.466. The molecule has 0 spiro atoms. The van der Waals surface area contributed by atoms with Crippen LogP contribution in [-0.2, 0) is 13.5 Å². The van der Waals surface area contributed by atoms with Crippen LogP contribution in [0.4, 0.5) is 5.82 Å². The molecule has 1 fully saturated rings. The zero-order valence-electron chi connectivity index (χ0n) is 9.53. The number of nitrogen functional groups attached to an aromatic ring is 1. The summed E-state index contributed by atoms with van der Waals surface area (Å²) >= 11 is 0. The fourth-order valence-corrected chi connectivity index (χ4v) is 2.19. The number of anilines is 1. The topological polar surface area (TPSA) is 79.7 Å². The van der Waals surface area contributed by atoms with Crippen LogP contribution in [0.3, 0.4) is 0 Å². The van der Waals surface area contributed by atoms with Crippen molar-refractivity contribution >= 4 is 5.82 Å². The van der Waals surface area contributed by atoms with Gasteiger partial charge in [-0.25, -0.2) is 0 Å². The summed E-state index contributed by atoms with van der Waals surface area (Å²) in [5, 5.41) is 16.8. The summed E-state index contributed by atoms with van der Waals surface area (Å²) in [6.45, 7) is 1.06. The van der Waals surface area contributed by atoms with Crippen molar-refractivity contribution in [3.05, 3.63) is 11.3 Å².